The van der Waals surface area contributed by atoms with E-state index in [0.29, 0.717) is 32.1 Å². The Balaban J connectivity index is 1.96. The molecule has 2 amide bonds. The normalized spacial score (nSPS) is 16.8. The van der Waals surface area contributed by atoms with E-state index in [4.69, 9.17) is 9.15 Å². The molecule has 0 aliphatic carbocycles. The summed E-state index contributed by atoms with van der Waals surface area (Å²) in [5, 5.41) is 2.79. The van der Waals surface area contributed by atoms with E-state index >= 15 is 0 Å². The van der Waals surface area contributed by atoms with Gasteiger partial charge in [0, 0.05) is 19.2 Å². The van der Waals surface area contributed by atoms with Crippen molar-refractivity contribution in [1.82, 2.24) is 10.2 Å². The number of ether oxygens (including phenoxy) is 1. The monoisotopic (exact) mass is 320 g/mol. The molecule has 1 aromatic rings. The predicted octanol–water partition coefficient (Wildman–Crippen LogP) is 1.60. The van der Waals surface area contributed by atoms with Crippen LogP contribution in [0.15, 0.2) is 22.6 Å². The average Bonchev–Trinajstić information content (AvgIpc) is 2.96. The van der Waals surface area contributed by atoms with Gasteiger partial charge < -0.3 is 19.4 Å². The molecule has 0 aromatic carbocycles. The minimum absolute atomic E-state index is 0.00792. The highest BCUT2D eigenvalue weighted by molar-refractivity contribution is 5.95. The first-order valence-electron chi connectivity index (χ1n) is 7.89. The lowest BCUT2D eigenvalue weighted by Crippen LogP contribution is -2.53. The number of carbonyl (C=O) groups excluding carboxylic acids is 2. The zero-order chi connectivity index (χ0) is 16.8. The van der Waals surface area contributed by atoms with Crippen molar-refractivity contribution < 1.29 is 18.7 Å². The fourth-order valence-corrected chi connectivity index (χ4v) is 2.40. The molecule has 0 spiro atoms. The van der Waals surface area contributed by atoms with Crippen molar-refractivity contribution in [2.75, 3.05) is 26.3 Å². The van der Waals surface area contributed by atoms with E-state index in [1.807, 2.05) is 26.8 Å². The highest BCUT2D eigenvalue weighted by Gasteiger charge is 2.29. The third kappa shape index (κ3) is 4.96. The Kier molecular flexibility index (Phi) is 5.98. The molecular weight excluding hydrogens is 296 g/mol. The summed E-state index contributed by atoms with van der Waals surface area (Å²) in [5.41, 5.74) is 0. The van der Waals surface area contributed by atoms with Crippen molar-refractivity contribution in [1.29, 1.82) is 0 Å². The van der Waals surface area contributed by atoms with Crippen LogP contribution in [0, 0.1) is 12.8 Å². The summed E-state index contributed by atoms with van der Waals surface area (Å²) in [5.74, 6) is 1.04. The summed E-state index contributed by atoms with van der Waals surface area (Å²) >= 11 is 0. The maximum Gasteiger partial charge on any atom is 0.245 e. The van der Waals surface area contributed by atoms with E-state index in [1.54, 1.807) is 17.0 Å². The van der Waals surface area contributed by atoms with Crippen LogP contribution < -0.4 is 5.32 Å². The Hall–Kier alpha value is -2.08. The lowest BCUT2D eigenvalue weighted by atomic mass is 10.0. The number of carbonyl (C=O) groups is 2. The van der Waals surface area contributed by atoms with Gasteiger partial charge in [-0.05, 0) is 31.1 Å². The number of morpholine rings is 1. The van der Waals surface area contributed by atoms with Crippen molar-refractivity contribution in [3.63, 3.8) is 0 Å². The van der Waals surface area contributed by atoms with Crippen LogP contribution in [0.4, 0.5) is 0 Å². The fraction of sp³-hybridized carbons (Fsp3) is 0.529. The second-order valence-electron chi connectivity index (χ2n) is 5.95. The summed E-state index contributed by atoms with van der Waals surface area (Å²) in [7, 11) is 0. The zero-order valence-electron chi connectivity index (χ0n) is 13.9. The molecule has 1 aliphatic heterocycles. The lowest BCUT2D eigenvalue weighted by molar-refractivity contribution is -0.140. The molecule has 0 saturated carbocycles. The van der Waals surface area contributed by atoms with Gasteiger partial charge in [0.2, 0.25) is 11.8 Å². The molecule has 1 aliphatic rings. The molecule has 1 fully saturated rings. The van der Waals surface area contributed by atoms with Crippen LogP contribution in [-0.4, -0.2) is 49.1 Å². The number of nitrogens with zero attached hydrogens (tertiary/aromatic N) is 1. The largest absolute Gasteiger partial charge is 0.462 e. The first-order valence-corrected chi connectivity index (χ1v) is 7.89. The van der Waals surface area contributed by atoms with Crippen molar-refractivity contribution in [3.8, 4) is 0 Å². The first kappa shape index (κ1) is 17.3. The number of amides is 2. The Morgan fingerprint density at radius 2 is 1.96 bits per heavy atom. The van der Waals surface area contributed by atoms with E-state index in [1.165, 1.54) is 6.08 Å². The number of hydrogen-bond donors (Lipinski definition) is 1. The zero-order valence-corrected chi connectivity index (χ0v) is 13.9. The van der Waals surface area contributed by atoms with Gasteiger partial charge in [0.05, 0.1) is 13.2 Å². The summed E-state index contributed by atoms with van der Waals surface area (Å²) in [6.07, 6.45) is 2.99. The Bertz CT molecular complexity index is 571. The standard InChI is InChI=1S/C17H24N2O4/c1-12(2)16(17(21)19-8-10-22-11-9-19)18-15(20)7-6-14-5-4-13(3)23-14/h4-7,12,16H,8-11H2,1-3H3,(H,18,20)/b7-6+. The van der Waals surface area contributed by atoms with Crippen LogP contribution in [0.25, 0.3) is 6.08 Å². The van der Waals surface area contributed by atoms with Crippen molar-refractivity contribution in [2.24, 2.45) is 5.92 Å². The second kappa shape index (κ2) is 7.97. The molecule has 6 heteroatoms. The molecule has 0 bridgehead atoms. The van der Waals surface area contributed by atoms with Crippen molar-refractivity contribution >= 4 is 17.9 Å². The number of nitrogens with one attached hydrogen (secondary N) is 1. The molecular formula is C17H24N2O4. The Morgan fingerprint density at radius 3 is 2.52 bits per heavy atom. The molecule has 1 atom stereocenters. The van der Waals surface area contributed by atoms with Crippen LogP contribution in [0.1, 0.15) is 25.4 Å². The van der Waals surface area contributed by atoms with Gasteiger partial charge in [-0.2, -0.15) is 0 Å². The van der Waals surface area contributed by atoms with E-state index < -0.39 is 6.04 Å². The second-order valence-corrected chi connectivity index (χ2v) is 5.95. The minimum atomic E-state index is -0.538. The average molecular weight is 320 g/mol. The highest BCUT2D eigenvalue weighted by Crippen LogP contribution is 2.10. The summed E-state index contributed by atoms with van der Waals surface area (Å²) < 4.78 is 10.6. The molecule has 1 aromatic heterocycles. The van der Waals surface area contributed by atoms with E-state index in [9.17, 15) is 9.59 Å². The first-order chi connectivity index (χ1) is 11.0. The van der Waals surface area contributed by atoms with E-state index in [-0.39, 0.29) is 17.7 Å². The maximum absolute atomic E-state index is 12.6. The lowest BCUT2D eigenvalue weighted by Gasteiger charge is -2.32. The van der Waals surface area contributed by atoms with Gasteiger partial charge in [0.1, 0.15) is 17.6 Å². The molecule has 23 heavy (non-hydrogen) atoms. The fourth-order valence-electron chi connectivity index (χ4n) is 2.40. The highest BCUT2D eigenvalue weighted by atomic mass is 16.5. The van der Waals surface area contributed by atoms with Crippen molar-refractivity contribution in [2.45, 2.75) is 26.8 Å². The third-order valence-corrected chi connectivity index (χ3v) is 3.71. The Morgan fingerprint density at radius 1 is 1.26 bits per heavy atom. The SMILES string of the molecule is Cc1ccc(/C=C/C(=O)NC(C(=O)N2CCOCC2)C(C)C)o1. The third-order valence-electron chi connectivity index (χ3n) is 3.71. The van der Waals surface area contributed by atoms with Gasteiger partial charge in [-0.3, -0.25) is 9.59 Å². The molecule has 2 heterocycles. The molecule has 2 rings (SSSR count). The minimum Gasteiger partial charge on any atom is -0.462 e. The van der Waals surface area contributed by atoms with E-state index in [0.717, 1.165) is 5.76 Å². The Labute approximate surface area is 136 Å². The number of aryl methyl sites for hydroxylation is 1. The van der Waals surface area contributed by atoms with Crippen LogP contribution in [0.2, 0.25) is 0 Å². The molecule has 1 unspecified atom stereocenters. The topological polar surface area (TPSA) is 71.8 Å². The molecule has 1 saturated heterocycles. The van der Waals surface area contributed by atoms with Crippen LogP contribution in [-0.2, 0) is 14.3 Å². The smallest absolute Gasteiger partial charge is 0.245 e. The van der Waals surface area contributed by atoms with Crippen LogP contribution >= 0.6 is 0 Å². The molecule has 6 nitrogen and oxygen atoms in total. The number of hydrogen-bond acceptors (Lipinski definition) is 4. The summed E-state index contributed by atoms with van der Waals surface area (Å²) in [6.45, 7) is 7.91. The van der Waals surface area contributed by atoms with Gasteiger partial charge in [-0.1, -0.05) is 13.8 Å². The van der Waals surface area contributed by atoms with E-state index in [2.05, 4.69) is 5.32 Å². The molecule has 0 radical (unpaired) electrons. The predicted molar refractivity (Wildman–Crippen MR) is 86.6 cm³/mol. The van der Waals surface area contributed by atoms with Gasteiger partial charge in [-0.15, -0.1) is 0 Å². The molecule has 126 valence electrons. The molecule has 1 N–H and O–H groups in total. The number of rotatable bonds is 5. The number of furan rings is 1. The van der Waals surface area contributed by atoms with Crippen molar-refractivity contribution in [3.05, 3.63) is 29.7 Å². The van der Waals surface area contributed by atoms with Gasteiger partial charge >= 0.3 is 0 Å². The summed E-state index contributed by atoms with van der Waals surface area (Å²) in [6, 6.07) is 3.08. The summed E-state index contributed by atoms with van der Waals surface area (Å²) in [4.78, 5) is 26.4. The quantitative estimate of drug-likeness (QED) is 0.837. The van der Waals surface area contributed by atoms with Gasteiger partial charge in [0.25, 0.3) is 0 Å². The van der Waals surface area contributed by atoms with Crippen LogP contribution in [0.3, 0.4) is 0 Å². The van der Waals surface area contributed by atoms with Gasteiger partial charge in [0.15, 0.2) is 0 Å². The van der Waals surface area contributed by atoms with Crippen LogP contribution in [0.5, 0.6) is 0 Å². The maximum atomic E-state index is 12.6. The van der Waals surface area contributed by atoms with Gasteiger partial charge in [-0.25, -0.2) is 0 Å².